The van der Waals surface area contributed by atoms with Gasteiger partial charge in [0.05, 0.1) is 18.2 Å². The monoisotopic (exact) mass is 245 g/mol. The largest absolute Gasteiger partial charge is 0.508 e. The highest BCUT2D eigenvalue weighted by molar-refractivity contribution is 5.97. The fourth-order valence-corrected chi connectivity index (χ4v) is 1.33. The number of carbonyl (C=O) groups is 1. The molecule has 1 rings (SSSR count). The summed E-state index contributed by atoms with van der Waals surface area (Å²) in [5, 5.41) is 17.6. The zero-order valence-corrected chi connectivity index (χ0v) is 9.78. The molecule has 0 saturated heterocycles. The van der Waals surface area contributed by atoms with Gasteiger partial charge in [-0.2, -0.15) is 5.26 Å². The number of aromatic hydroxyl groups is 1. The lowest BCUT2D eigenvalue weighted by Gasteiger charge is -2.08. The van der Waals surface area contributed by atoms with Crippen LogP contribution in [0.5, 0.6) is 5.75 Å². The van der Waals surface area contributed by atoms with Gasteiger partial charge in [-0.25, -0.2) is 0 Å². The number of phenols is 1. The zero-order valence-electron chi connectivity index (χ0n) is 9.78. The molecule has 1 aromatic rings. The standard InChI is InChI=1S/C13H15N3O2/c14-8-10(15)7-12(16)13(18)6-3-9-1-4-11(17)5-2-9/h1-6,10,12,17H,7,15-16H2/b6-3+. The first-order valence-corrected chi connectivity index (χ1v) is 5.44. The van der Waals surface area contributed by atoms with Crippen molar-refractivity contribution in [1.29, 1.82) is 5.26 Å². The summed E-state index contributed by atoms with van der Waals surface area (Å²) in [6.07, 6.45) is 3.08. The maximum absolute atomic E-state index is 11.6. The van der Waals surface area contributed by atoms with E-state index >= 15 is 0 Å². The minimum atomic E-state index is -0.770. The molecular formula is C13H15N3O2. The maximum Gasteiger partial charge on any atom is 0.172 e. The van der Waals surface area contributed by atoms with Gasteiger partial charge in [-0.15, -0.1) is 0 Å². The number of benzene rings is 1. The first-order chi connectivity index (χ1) is 8.52. The molecule has 18 heavy (non-hydrogen) atoms. The van der Waals surface area contributed by atoms with Crippen LogP contribution < -0.4 is 11.5 Å². The summed E-state index contributed by atoms with van der Waals surface area (Å²) >= 11 is 0. The van der Waals surface area contributed by atoms with E-state index < -0.39 is 12.1 Å². The van der Waals surface area contributed by atoms with Crippen LogP contribution in [0.4, 0.5) is 0 Å². The lowest BCUT2D eigenvalue weighted by atomic mass is 10.0. The number of phenolic OH excluding ortho intramolecular Hbond substituents is 1. The van der Waals surface area contributed by atoms with E-state index in [-0.39, 0.29) is 18.0 Å². The van der Waals surface area contributed by atoms with Crippen molar-refractivity contribution in [2.45, 2.75) is 18.5 Å². The van der Waals surface area contributed by atoms with Crippen molar-refractivity contribution in [3.63, 3.8) is 0 Å². The van der Waals surface area contributed by atoms with E-state index in [1.165, 1.54) is 18.2 Å². The SMILES string of the molecule is N#CC(N)CC(N)C(=O)/C=C/c1ccc(O)cc1. The molecule has 5 N–H and O–H groups in total. The van der Waals surface area contributed by atoms with Crippen molar-refractivity contribution >= 4 is 11.9 Å². The second-order valence-electron chi connectivity index (χ2n) is 3.91. The van der Waals surface area contributed by atoms with E-state index in [0.29, 0.717) is 0 Å². The topological polar surface area (TPSA) is 113 Å². The van der Waals surface area contributed by atoms with E-state index in [4.69, 9.17) is 21.8 Å². The molecule has 0 aromatic heterocycles. The van der Waals surface area contributed by atoms with E-state index in [2.05, 4.69) is 0 Å². The first kappa shape index (κ1) is 13.9. The average molecular weight is 245 g/mol. The Balaban J connectivity index is 2.59. The Bertz CT molecular complexity index is 474. The molecule has 0 radical (unpaired) electrons. The van der Waals surface area contributed by atoms with Gasteiger partial charge < -0.3 is 16.6 Å². The van der Waals surface area contributed by atoms with Crippen LogP contribution in [0, 0.1) is 11.3 Å². The van der Waals surface area contributed by atoms with Gasteiger partial charge in [-0.3, -0.25) is 4.79 Å². The molecule has 2 unspecified atom stereocenters. The van der Waals surface area contributed by atoms with Gasteiger partial charge in [0.25, 0.3) is 0 Å². The highest BCUT2D eigenvalue weighted by atomic mass is 16.3. The maximum atomic E-state index is 11.6. The van der Waals surface area contributed by atoms with Crippen LogP contribution in [-0.2, 0) is 4.79 Å². The second kappa shape index (κ2) is 6.55. The van der Waals surface area contributed by atoms with Gasteiger partial charge in [0.1, 0.15) is 5.75 Å². The predicted octanol–water partition coefficient (Wildman–Crippen LogP) is 0.543. The smallest absolute Gasteiger partial charge is 0.172 e. The van der Waals surface area contributed by atoms with Gasteiger partial charge in [-0.1, -0.05) is 18.2 Å². The summed E-state index contributed by atoms with van der Waals surface area (Å²) in [7, 11) is 0. The number of rotatable bonds is 5. The van der Waals surface area contributed by atoms with Crippen molar-refractivity contribution in [1.82, 2.24) is 0 Å². The Morgan fingerprint density at radius 1 is 1.39 bits per heavy atom. The van der Waals surface area contributed by atoms with E-state index in [1.807, 2.05) is 6.07 Å². The van der Waals surface area contributed by atoms with E-state index in [0.717, 1.165) is 5.56 Å². The average Bonchev–Trinajstić information content (AvgIpc) is 2.37. The lowest BCUT2D eigenvalue weighted by molar-refractivity contribution is -0.115. The number of ketones is 1. The Morgan fingerprint density at radius 3 is 2.56 bits per heavy atom. The summed E-state index contributed by atoms with van der Waals surface area (Å²) in [4.78, 5) is 11.6. The normalized spacial score (nSPS) is 14.1. The van der Waals surface area contributed by atoms with Gasteiger partial charge in [0.2, 0.25) is 0 Å². The number of hydrogen-bond donors (Lipinski definition) is 3. The molecule has 1 aromatic carbocycles. The summed E-state index contributed by atoms with van der Waals surface area (Å²) in [5.41, 5.74) is 11.8. The van der Waals surface area contributed by atoms with Crippen molar-refractivity contribution in [3.8, 4) is 11.8 Å². The Labute approximate surface area is 105 Å². The number of carbonyl (C=O) groups excluding carboxylic acids is 1. The first-order valence-electron chi connectivity index (χ1n) is 5.44. The van der Waals surface area contributed by atoms with Crippen LogP contribution in [-0.4, -0.2) is 23.0 Å². The minimum absolute atomic E-state index is 0.134. The van der Waals surface area contributed by atoms with Crippen molar-refractivity contribution in [2.75, 3.05) is 0 Å². The zero-order chi connectivity index (χ0) is 13.5. The summed E-state index contributed by atoms with van der Waals surface area (Å²) in [5.74, 6) is -0.121. The number of nitriles is 1. The number of nitrogens with zero attached hydrogens (tertiary/aromatic N) is 1. The predicted molar refractivity (Wildman–Crippen MR) is 68.3 cm³/mol. The Hall–Kier alpha value is -2.16. The molecule has 0 aliphatic carbocycles. The summed E-state index contributed by atoms with van der Waals surface area (Å²) in [6.45, 7) is 0. The molecule has 0 saturated carbocycles. The lowest BCUT2D eigenvalue weighted by Crippen LogP contribution is -2.35. The van der Waals surface area contributed by atoms with E-state index in [1.54, 1.807) is 18.2 Å². The molecule has 0 aliphatic heterocycles. The van der Waals surface area contributed by atoms with Crippen molar-refractivity contribution < 1.29 is 9.90 Å². The summed E-state index contributed by atoms with van der Waals surface area (Å²) in [6, 6.07) is 6.72. The quantitative estimate of drug-likeness (QED) is 0.655. The molecule has 0 spiro atoms. The van der Waals surface area contributed by atoms with Crippen LogP contribution in [0.25, 0.3) is 6.08 Å². The highest BCUT2D eigenvalue weighted by Crippen LogP contribution is 2.11. The van der Waals surface area contributed by atoms with Crippen LogP contribution >= 0.6 is 0 Å². The number of hydrogen-bond acceptors (Lipinski definition) is 5. The van der Waals surface area contributed by atoms with Crippen LogP contribution in [0.3, 0.4) is 0 Å². The molecule has 0 amide bonds. The molecule has 5 nitrogen and oxygen atoms in total. The van der Waals surface area contributed by atoms with Gasteiger partial charge in [0.15, 0.2) is 5.78 Å². The summed E-state index contributed by atoms with van der Waals surface area (Å²) < 4.78 is 0. The van der Waals surface area contributed by atoms with Crippen LogP contribution in [0.2, 0.25) is 0 Å². The fraction of sp³-hybridized carbons (Fsp3) is 0.231. The molecule has 0 heterocycles. The molecule has 5 heteroatoms. The van der Waals surface area contributed by atoms with E-state index in [9.17, 15) is 4.79 Å². The Morgan fingerprint density at radius 2 is 2.00 bits per heavy atom. The second-order valence-corrected chi connectivity index (χ2v) is 3.91. The van der Waals surface area contributed by atoms with Crippen molar-refractivity contribution in [2.24, 2.45) is 11.5 Å². The minimum Gasteiger partial charge on any atom is -0.508 e. The van der Waals surface area contributed by atoms with Crippen LogP contribution in [0.15, 0.2) is 30.3 Å². The van der Waals surface area contributed by atoms with Gasteiger partial charge >= 0.3 is 0 Å². The third kappa shape index (κ3) is 4.37. The highest BCUT2D eigenvalue weighted by Gasteiger charge is 2.14. The Kier molecular flexibility index (Phi) is 5.06. The van der Waals surface area contributed by atoms with Gasteiger partial charge in [-0.05, 0) is 30.2 Å². The molecule has 2 atom stereocenters. The van der Waals surface area contributed by atoms with Crippen LogP contribution in [0.1, 0.15) is 12.0 Å². The molecule has 94 valence electrons. The van der Waals surface area contributed by atoms with Crippen molar-refractivity contribution in [3.05, 3.63) is 35.9 Å². The molecular weight excluding hydrogens is 230 g/mol. The third-order valence-corrected chi connectivity index (χ3v) is 2.37. The fourth-order valence-electron chi connectivity index (χ4n) is 1.33. The molecule has 0 bridgehead atoms. The van der Waals surface area contributed by atoms with Gasteiger partial charge in [0, 0.05) is 0 Å². The molecule has 0 fully saturated rings. The molecule has 0 aliphatic rings. The third-order valence-electron chi connectivity index (χ3n) is 2.37. The number of nitrogens with two attached hydrogens (primary N) is 2.